The van der Waals surface area contributed by atoms with Crippen LogP contribution in [0.3, 0.4) is 0 Å². The molecule has 1 aliphatic heterocycles. The SMILES string of the molecule is O=C(Nc1cnc(-n2ccnc2)nc1)Nc1ccc2c(c1)OCO2. The first-order valence-corrected chi connectivity index (χ1v) is 7.06. The summed E-state index contributed by atoms with van der Waals surface area (Å²) in [7, 11) is 0. The number of nitrogens with zero attached hydrogens (tertiary/aromatic N) is 4. The van der Waals surface area contributed by atoms with E-state index in [1.165, 1.54) is 12.4 Å². The van der Waals surface area contributed by atoms with Crippen LogP contribution in [0.5, 0.6) is 11.5 Å². The first kappa shape index (κ1) is 14.0. The van der Waals surface area contributed by atoms with Crippen LogP contribution in [0.1, 0.15) is 0 Å². The zero-order valence-electron chi connectivity index (χ0n) is 12.3. The highest BCUT2D eigenvalue weighted by molar-refractivity contribution is 5.99. The molecule has 4 rings (SSSR count). The average Bonchev–Trinajstić information content (AvgIpc) is 3.26. The van der Waals surface area contributed by atoms with Crippen molar-refractivity contribution in [3.63, 3.8) is 0 Å². The first-order chi connectivity index (χ1) is 11.8. The summed E-state index contributed by atoms with van der Waals surface area (Å²) < 4.78 is 12.2. The fourth-order valence-electron chi connectivity index (χ4n) is 2.16. The summed E-state index contributed by atoms with van der Waals surface area (Å²) in [5.74, 6) is 1.72. The summed E-state index contributed by atoms with van der Waals surface area (Å²) in [5, 5.41) is 5.36. The molecule has 2 N–H and O–H groups in total. The van der Waals surface area contributed by atoms with Gasteiger partial charge < -0.3 is 20.1 Å². The molecule has 3 heterocycles. The molecule has 0 spiro atoms. The molecule has 9 nitrogen and oxygen atoms in total. The lowest BCUT2D eigenvalue weighted by molar-refractivity contribution is 0.174. The Morgan fingerprint density at radius 2 is 1.88 bits per heavy atom. The zero-order valence-corrected chi connectivity index (χ0v) is 12.3. The molecule has 0 saturated carbocycles. The number of nitrogens with one attached hydrogen (secondary N) is 2. The lowest BCUT2D eigenvalue weighted by atomic mass is 10.3. The number of benzene rings is 1. The number of rotatable bonds is 3. The van der Waals surface area contributed by atoms with Crippen LogP contribution in [0.15, 0.2) is 49.3 Å². The molecule has 0 radical (unpaired) electrons. The van der Waals surface area contributed by atoms with Gasteiger partial charge in [-0.2, -0.15) is 0 Å². The van der Waals surface area contributed by atoms with Crippen LogP contribution in [0.2, 0.25) is 0 Å². The van der Waals surface area contributed by atoms with E-state index in [0.29, 0.717) is 28.8 Å². The van der Waals surface area contributed by atoms with Crippen LogP contribution in [0.25, 0.3) is 5.95 Å². The van der Waals surface area contributed by atoms with E-state index in [-0.39, 0.29) is 6.79 Å². The highest BCUT2D eigenvalue weighted by Crippen LogP contribution is 2.34. The number of carbonyl (C=O) groups excluding carboxylic acids is 1. The van der Waals surface area contributed by atoms with Crippen molar-refractivity contribution in [2.75, 3.05) is 17.4 Å². The van der Waals surface area contributed by atoms with Crippen LogP contribution in [-0.2, 0) is 0 Å². The van der Waals surface area contributed by atoms with Gasteiger partial charge in [0.15, 0.2) is 11.5 Å². The number of fused-ring (bicyclic) bond motifs is 1. The molecule has 0 saturated heterocycles. The van der Waals surface area contributed by atoms with Gasteiger partial charge in [-0.3, -0.25) is 4.57 Å². The van der Waals surface area contributed by atoms with Crippen molar-refractivity contribution in [1.82, 2.24) is 19.5 Å². The Morgan fingerprint density at radius 3 is 2.67 bits per heavy atom. The number of hydrogen-bond donors (Lipinski definition) is 2. The molecule has 9 heteroatoms. The number of urea groups is 1. The second-order valence-electron chi connectivity index (χ2n) is 4.89. The number of anilines is 2. The fraction of sp³-hybridized carbons (Fsp3) is 0.0667. The van der Waals surface area contributed by atoms with Gasteiger partial charge in [0.05, 0.1) is 18.1 Å². The van der Waals surface area contributed by atoms with E-state index >= 15 is 0 Å². The Balaban J connectivity index is 1.41. The highest BCUT2D eigenvalue weighted by Gasteiger charge is 2.14. The summed E-state index contributed by atoms with van der Waals surface area (Å²) in [6.07, 6.45) is 7.99. The number of ether oxygens (including phenoxy) is 2. The number of imidazole rings is 1. The second-order valence-corrected chi connectivity index (χ2v) is 4.89. The van der Waals surface area contributed by atoms with Gasteiger partial charge in [-0.05, 0) is 12.1 Å². The van der Waals surface area contributed by atoms with E-state index < -0.39 is 6.03 Å². The average molecular weight is 324 g/mol. The Bertz CT molecular complexity index is 863. The minimum Gasteiger partial charge on any atom is -0.454 e. The molecule has 0 atom stereocenters. The van der Waals surface area contributed by atoms with Gasteiger partial charge in [-0.15, -0.1) is 0 Å². The second kappa shape index (κ2) is 5.88. The van der Waals surface area contributed by atoms with E-state index in [2.05, 4.69) is 25.6 Å². The summed E-state index contributed by atoms with van der Waals surface area (Å²) in [6, 6.07) is 4.75. The van der Waals surface area contributed by atoms with Crippen LogP contribution in [0, 0.1) is 0 Å². The molecule has 24 heavy (non-hydrogen) atoms. The molecule has 0 unspecified atom stereocenters. The topological polar surface area (TPSA) is 103 Å². The number of carbonyl (C=O) groups is 1. The lowest BCUT2D eigenvalue weighted by Crippen LogP contribution is -2.19. The number of amides is 2. The van der Waals surface area contributed by atoms with Crippen LogP contribution < -0.4 is 20.1 Å². The van der Waals surface area contributed by atoms with E-state index in [1.54, 1.807) is 41.5 Å². The van der Waals surface area contributed by atoms with E-state index in [0.717, 1.165) is 0 Å². The van der Waals surface area contributed by atoms with Crippen molar-refractivity contribution in [1.29, 1.82) is 0 Å². The Kier molecular flexibility index (Phi) is 3.43. The van der Waals surface area contributed by atoms with Crippen molar-refractivity contribution in [3.05, 3.63) is 49.3 Å². The monoisotopic (exact) mass is 324 g/mol. The predicted octanol–water partition coefficient (Wildman–Crippen LogP) is 2.03. The van der Waals surface area contributed by atoms with Gasteiger partial charge in [0.2, 0.25) is 12.7 Å². The standard InChI is InChI=1S/C15H12N6O3/c22-15(19-10-1-2-12-13(5-10)24-9-23-12)20-11-6-17-14(18-7-11)21-4-3-16-8-21/h1-8H,9H2,(H2,19,20,22). The van der Waals surface area contributed by atoms with Crippen LogP contribution in [-0.4, -0.2) is 32.3 Å². The van der Waals surface area contributed by atoms with Crippen molar-refractivity contribution < 1.29 is 14.3 Å². The third kappa shape index (κ3) is 2.82. The molecule has 0 bridgehead atoms. The molecule has 0 fully saturated rings. The van der Waals surface area contributed by atoms with Gasteiger partial charge in [0.25, 0.3) is 0 Å². The minimum atomic E-state index is -0.409. The Morgan fingerprint density at radius 1 is 1.08 bits per heavy atom. The first-order valence-electron chi connectivity index (χ1n) is 7.06. The third-order valence-corrected chi connectivity index (χ3v) is 3.26. The van der Waals surface area contributed by atoms with Crippen LogP contribution in [0.4, 0.5) is 16.2 Å². The third-order valence-electron chi connectivity index (χ3n) is 3.26. The van der Waals surface area contributed by atoms with E-state index in [4.69, 9.17) is 9.47 Å². The maximum atomic E-state index is 12.0. The highest BCUT2D eigenvalue weighted by atomic mass is 16.7. The van der Waals surface area contributed by atoms with Gasteiger partial charge in [-0.1, -0.05) is 0 Å². The van der Waals surface area contributed by atoms with Gasteiger partial charge >= 0.3 is 6.03 Å². The molecule has 2 amide bonds. The number of aromatic nitrogens is 4. The van der Waals surface area contributed by atoms with Gasteiger partial charge in [0.1, 0.15) is 6.33 Å². The van der Waals surface area contributed by atoms with Crippen molar-refractivity contribution >= 4 is 17.4 Å². The van der Waals surface area contributed by atoms with Gasteiger partial charge in [-0.25, -0.2) is 19.7 Å². The Hall–Kier alpha value is -3.62. The van der Waals surface area contributed by atoms with Gasteiger partial charge in [0, 0.05) is 24.1 Å². The molecular formula is C15H12N6O3. The predicted molar refractivity (Wildman–Crippen MR) is 84.4 cm³/mol. The summed E-state index contributed by atoms with van der Waals surface area (Å²) in [5.41, 5.74) is 1.06. The maximum absolute atomic E-state index is 12.0. The normalized spacial score (nSPS) is 12.0. The molecule has 2 aromatic heterocycles. The summed E-state index contributed by atoms with van der Waals surface area (Å²) in [4.78, 5) is 24.3. The zero-order chi connectivity index (χ0) is 16.4. The largest absolute Gasteiger partial charge is 0.454 e. The maximum Gasteiger partial charge on any atom is 0.323 e. The Labute approximate surface area is 136 Å². The van der Waals surface area contributed by atoms with Crippen molar-refractivity contribution in [2.45, 2.75) is 0 Å². The summed E-state index contributed by atoms with van der Waals surface area (Å²) in [6.45, 7) is 0.186. The molecule has 1 aliphatic rings. The minimum absolute atomic E-state index is 0.186. The number of hydrogen-bond acceptors (Lipinski definition) is 6. The van der Waals surface area contributed by atoms with E-state index in [9.17, 15) is 4.79 Å². The summed E-state index contributed by atoms with van der Waals surface area (Å²) >= 11 is 0. The quantitative estimate of drug-likeness (QED) is 0.764. The molecule has 120 valence electrons. The molecule has 0 aliphatic carbocycles. The van der Waals surface area contributed by atoms with Crippen LogP contribution >= 0.6 is 0 Å². The van der Waals surface area contributed by atoms with Crippen molar-refractivity contribution in [2.24, 2.45) is 0 Å². The van der Waals surface area contributed by atoms with E-state index in [1.807, 2.05) is 0 Å². The van der Waals surface area contributed by atoms with Crippen molar-refractivity contribution in [3.8, 4) is 17.4 Å². The molecule has 3 aromatic rings. The fourth-order valence-corrected chi connectivity index (χ4v) is 2.16. The molecular weight excluding hydrogens is 312 g/mol. The lowest BCUT2D eigenvalue weighted by Gasteiger charge is -2.08. The molecule has 1 aromatic carbocycles. The smallest absolute Gasteiger partial charge is 0.323 e.